The molecule has 0 spiro atoms. The number of hydrogen-bond acceptors (Lipinski definition) is 2. The molecule has 0 radical (unpaired) electrons. The van der Waals surface area contributed by atoms with Crippen LogP contribution in [-0.2, 0) is 0 Å². The Morgan fingerprint density at radius 1 is 1.08 bits per heavy atom. The van der Waals surface area contributed by atoms with E-state index < -0.39 is 0 Å². The van der Waals surface area contributed by atoms with Crippen molar-refractivity contribution in [2.75, 3.05) is 13.6 Å². The third kappa shape index (κ3) is 8.26. The first-order valence-electron chi connectivity index (χ1n) is 5.72. The van der Waals surface area contributed by atoms with Crippen LogP contribution in [0.5, 0.6) is 0 Å². The molecule has 0 aliphatic carbocycles. The molecule has 80 valence electrons. The van der Waals surface area contributed by atoms with E-state index >= 15 is 0 Å². The van der Waals surface area contributed by atoms with Crippen molar-refractivity contribution in [3.8, 4) is 0 Å². The Kier molecular flexibility index (Phi) is 9.94. The first-order chi connectivity index (χ1) is 6.35. The maximum Gasteiger partial charge on any atom is 0.00645 e. The lowest BCUT2D eigenvalue weighted by Gasteiger charge is -2.15. The van der Waals surface area contributed by atoms with Crippen LogP contribution in [0.1, 0.15) is 51.9 Å². The summed E-state index contributed by atoms with van der Waals surface area (Å²) in [7, 11) is 2.06. The molecule has 0 saturated heterocycles. The summed E-state index contributed by atoms with van der Waals surface area (Å²) >= 11 is 0. The smallest absolute Gasteiger partial charge is 0.00645 e. The van der Waals surface area contributed by atoms with Gasteiger partial charge in [0.25, 0.3) is 0 Å². The highest BCUT2D eigenvalue weighted by Crippen LogP contribution is 2.08. The molecule has 0 aromatic heterocycles. The lowest BCUT2D eigenvalue weighted by atomic mass is 10.0. The fraction of sp³-hybridized carbons (Fsp3) is 1.00. The van der Waals surface area contributed by atoms with Gasteiger partial charge in [-0.25, -0.2) is 0 Å². The Balaban J connectivity index is 3.25. The molecule has 0 fully saturated rings. The van der Waals surface area contributed by atoms with Crippen LogP contribution in [0, 0.1) is 0 Å². The molecule has 0 bridgehead atoms. The molecule has 0 aliphatic heterocycles. The van der Waals surface area contributed by atoms with E-state index in [1.807, 2.05) is 0 Å². The summed E-state index contributed by atoms with van der Waals surface area (Å²) in [5.74, 6) is 0. The molecule has 2 heteroatoms. The van der Waals surface area contributed by atoms with Gasteiger partial charge in [-0.1, -0.05) is 32.6 Å². The third-order valence-electron chi connectivity index (χ3n) is 2.57. The maximum absolute atomic E-state index is 5.48. The zero-order chi connectivity index (χ0) is 9.94. The number of nitrogens with one attached hydrogen (secondary N) is 1. The van der Waals surface area contributed by atoms with E-state index in [0.29, 0.717) is 6.04 Å². The van der Waals surface area contributed by atoms with Crippen molar-refractivity contribution < 1.29 is 0 Å². The van der Waals surface area contributed by atoms with Crippen molar-refractivity contribution in [3.05, 3.63) is 0 Å². The SMILES string of the molecule is CCCCCCC(CCCN)NC. The minimum absolute atomic E-state index is 0.695. The Morgan fingerprint density at radius 3 is 2.31 bits per heavy atom. The summed E-state index contributed by atoms with van der Waals surface area (Å²) in [6.45, 7) is 3.08. The second-order valence-corrected chi connectivity index (χ2v) is 3.77. The van der Waals surface area contributed by atoms with Crippen LogP contribution in [0.2, 0.25) is 0 Å². The van der Waals surface area contributed by atoms with Crippen molar-refractivity contribution in [3.63, 3.8) is 0 Å². The normalized spacial score (nSPS) is 13.2. The molecule has 0 saturated carbocycles. The largest absolute Gasteiger partial charge is 0.330 e. The van der Waals surface area contributed by atoms with Crippen molar-refractivity contribution >= 4 is 0 Å². The number of hydrogen-bond donors (Lipinski definition) is 2. The van der Waals surface area contributed by atoms with Gasteiger partial charge >= 0.3 is 0 Å². The summed E-state index contributed by atoms with van der Waals surface area (Å²) in [6, 6.07) is 0.695. The highest BCUT2D eigenvalue weighted by molar-refractivity contribution is 4.64. The zero-order valence-corrected chi connectivity index (χ0v) is 9.31. The van der Waals surface area contributed by atoms with Crippen LogP contribution in [0.25, 0.3) is 0 Å². The first-order valence-corrected chi connectivity index (χ1v) is 5.72. The molecule has 0 aromatic carbocycles. The van der Waals surface area contributed by atoms with Crippen LogP contribution in [0.3, 0.4) is 0 Å². The van der Waals surface area contributed by atoms with Gasteiger partial charge in [-0.15, -0.1) is 0 Å². The number of rotatable bonds is 9. The summed E-state index contributed by atoms with van der Waals surface area (Å²) in [6.07, 6.45) is 9.16. The Hall–Kier alpha value is -0.0800. The van der Waals surface area contributed by atoms with Crippen LogP contribution >= 0.6 is 0 Å². The molecule has 0 amide bonds. The van der Waals surface area contributed by atoms with Crippen LogP contribution in [-0.4, -0.2) is 19.6 Å². The standard InChI is InChI=1S/C11H26N2/c1-3-4-5-6-8-11(13-2)9-7-10-12/h11,13H,3-10,12H2,1-2H3. The third-order valence-corrected chi connectivity index (χ3v) is 2.57. The van der Waals surface area contributed by atoms with Crippen molar-refractivity contribution in [1.82, 2.24) is 5.32 Å². The van der Waals surface area contributed by atoms with Crippen molar-refractivity contribution in [2.45, 2.75) is 57.9 Å². The molecule has 0 aliphatic rings. The molecule has 13 heavy (non-hydrogen) atoms. The van der Waals surface area contributed by atoms with Gasteiger partial charge in [0.05, 0.1) is 0 Å². The van der Waals surface area contributed by atoms with Crippen molar-refractivity contribution in [1.29, 1.82) is 0 Å². The van der Waals surface area contributed by atoms with E-state index in [1.165, 1.54) is 38.5 Å². The van der Waals surface area contributed by atoms with E-state index in [2.05, 4.69) is 19.3 Å². The maximum atomic E-state index is 5.48. The molecule has 0 rings (SSSR count). The average Bonchev–Trinajstić information content (AvgIpc) is 2.17. The zero-order valence-electron chi connectivity index (χ0n) is 9.31. The quantitative estimate of drug-likeness (QED) is 0.542. The average molecular weight is 186 g/mol. The first kappa shape index (κ1) is 12.9. The van der Waals surface area contributed by atoms with Gasteiger partial charge in [-0.3, -0.25) is 0 Å². The van der Waals surface area contributed by atoms with Crippen LogP contribution < -0.4 is 11.1 Å². The minimum Gasteiger partial charge on any atom is -0.330 e. The minimum atomic E-state index is 0.695. The molecule has 1 atom stereocenters. The fourth-order valence-corrected chi connectivity index (χ4v) is 1.61. The molecule has 1 unspecified atom stereocenters. The number of unbranched alkanes of at least 4 members (excludes halogenated alkanes) is 3. The van der Waals surface area contributed by atoms with E-state index in [4.69, 9.17) is 5.73 Å². The highest BCUT2D eigenvalue weighted by Gasteiger charge is 2.03. The summed E-state index contributed by atoms with van der Waals surface area (Å²) in [5, 5.41) is 3.36. The van der Waals surface area contributed by atoms with Gasteiger partial charge < -0.3 is 11.1 Å². The molecule has 2 nitrogen and oxygen atoms in total. The van der Waals surface area contributed by atoms with Gasteiger partial charge in [0.2, 0.25) is 0 Å². The van der Waals surface area contributed by atoms with Crippen molar-refractivity contribution in [2.24, 2.45) is 5.73 Å². The van der Waals surface area contributed by atoms with Gasteiger partial charge in [0, 0.05) is 6.04 Å². The van der Waals surface area contributed by atoms with E-state index in [-0.39, 0.29) is 0 Å². The predicted molar refractivity (Wildman–Crippen MR) is 59.9 cm³/mol. The Bertz CT molecular complexity index is 94.1. The molecule has 3 N–H and O–H groups in total. The second-order valence-electron chi connectivity index (χ2n) is 3.77. The van der Waals surface area contributed by atoms with Gasteiger partial charge in [0.15, 0.2) is 0 Å². The van der Waals surface area contributed by atoms with E-state index in [0.717, 1.165) is 13.0 Å². The monoisotopic (exact) mass is 186 g/mol. The molecule has 0 aromatic rings. The van der Waals surface area contributed by atoms with Gasteiger partial charge in [-0.05, 0) is 32.9 Å². The Labute approximate surface area is 83.3 Å². The van der Waals surface area contributed by atoms with E-state index in [9.17, 15) is 0 Å². The fourth-order valence-electron chi connectivity index (χ4n) is 1.61. The second kappa shape index (κ2) is 10.0. The van der Waals surface area contributed by atoms with Gasteiger partial charge in [-0.2, -0.15) is 0 Å². The molecule has 0 heterocycles. The molecular weight excluding hydrogens is 160 g/mol. The lowest BCUT2D eigenvalue weighted by Crippen LogP contribution is -2.25. The summed E-state index contributed by atoms with van der Waals surface area (Å²) in [5.41, 5.74) is 5.48. The summed E-state index contributed by atoms with van der Waals surface area (Å²) in [4.78, 5) is 0. The van der Waals surface area contributed by atoms with Crippen LogP contribution in [0.4, 0.5) is 0 Å². The topological polar surface area (TPSA) is 38.0 Å². The summed E-state index contributed by atoms with van der Waals surface area (Å²) < 4.78 is 0. The van der Waals surface area contributed by atoms with Crippen LogP contribution in [0.15, 0.2) is 0 Å². The highest BCUT2D eigenvalue weighted by atomic mass is 14.9. The Morgan fingerprint density at radius 2 is 1.77 bits per heavy atom. The van der Waals surface area contributed by atoms with Gasteiger partial charge in [0.1, 0.15) is 0 Å². The van der Waals surface area contributed by atoms with E-state index in [1.54, 1.807) is 0 Å². The number of nitrogens with two attached hydrogens (primary N) is 1. The predicted octanol–water partition coefficient (Wildman–Crippen LogP) is 2.28. The molecular formula is C11H26N2. The lowest BCUT2D eigenvalue weighted by molar-refractivity contribution is 0.452.